The summed E-state index contributed by atoms with van der Waals surface area (Å²) in [6.07, 6.45) is 1.34. The van der Waals surface area contributed by atoms with E-state index < -0.39 is 0 Å². The maximum atomic E-state index is 11.6. The highest BCUT2D eigenvalue weighted by Gasteiger charge is 2.15. The molecule has 1 aromatic carbocycles. The Kier molecular flexibility index (Phi) is 2.07. The Morgan fingerprint density at radius 3 is 2.67 bits per heavy atom. The molecule has 0 fully saturated rings. The Bertz CT molecular complexity index is 560. The molecule has 0 aliphatic heterocycles. The first-order chi connectivity index (χ1) is 7.11. The van der Waals surface area contributed by atoms with Crippen LogP contribution in [0.4, 0.5) is 5.82 Å². The molecule has 78 valence electrons. The van der Waals surface area contributed by atoms with Gasteiger partial charge in [-0.05, 0) is 6.07 Å². The second-order valence-electron chi connectivity index (χ2n) is 3.51. The monoisotopic (exact) mass is 206 g/mol. The molecule has 5 nitrogen and oxygen atoms in total. The molecular formula is C10H12N3O2+. The van der Waals surface area contributed by atoms with Crippen LogP contribution in [0.15, 0.2) is 30.5 Å². The first kappa shape index (κ1) is 9.51. The zero-order valence-corrected chi connectivity index (χ0v) is 8.58. The molecule has 15 heavy (non-hydrogen) atoms. The molecule has 0 atom stereocenters. The largest absolute Gasteiger partial charge is 0.426 e. The zero-order chi connectivity index (χ0) is 11.0. The third-order valence-corrected chi connectivity index (χ3v) is 2.26. The van der Waals surface area contributed by atoms with Crippen molar-refractivity contribution in [1.82, 2.24) is 4.73 Å². The molecule has 0 radical (unpaired) electrons. The van der Waals surface area contributed by atoms with E-state index in [-0.39, 0.29) is 0 Å². The van der Waals surface area contributed by atoms with Crippen LogP contribution in [-0.2, 0) is 0 Å². The van der Waals surface area contributed by atoms with Crippen molar-refractivity contribution in [2.75, 3.05) is 19.0 Å². The summed E-state index contributed by atoms with van der Waals surface area (Å²) in [5, 5.41) is 9.87. The van der Waals surface area contributed by atoms with Gasteiger partial charge in [-0.2, -0.15) is 4.73 Å². The van der Waals surface area contributed by atoms with Crippen molar-refractivity contribution in [3.05, 3.63) is 35.4 Å². The van der Waals surface area contributed by atoms with Crippen LogP contribution in [0.2, 0.25) is 0 Å². The Morgan fingerprint density at radius 1 is 1.33 bits per heavy atom. The molecule has 0 unspecified atom stereocenters. The first-order valence-electron chi connectivity index (χ1n) is 4.55. The van der Waals surface area contributed by atoms with Crippen molar-refractivity contribution in [3.63, 3.8) is 0 Å². The fourth-order valence-electron chi connectivity index (χ4n) is 1.49. The lowest BCUT2D eigenvalue weighted by Gasteiger charge is -2.12. The zero-order valence-electron chi connectivity index (χ0n) is 8.58. The van der Waals surface area contributed by atoms with Crippen LogP contribution < -0.4 is 9.33 Å². The number of nitrogens with zero attached hydrogens (tertiary/aromatic N) is 3. The molecular weight excluding hydrogens is 194 g/mol. The van der Waals surface area contributed by atoms with Gasteiger partial charge >= 0.3 is 0 Å². The van der Waals surface area contributed by atoms with E-state index in [0.29, 0.717) is 16.9 Å². The minimum Gasteiger partial charge on any atom is -0.426 e. The van der Waals surface area contributed by atoms with E-state index in [4.69, 9.17) is 0 Å². The average Bonchev–Trinajstić information content (AvgIpc) is 2.23. The molecule has 0 bridgehead atoms. The summed E-state index contributed by atoms with van der Waals surface area (Å²) in [5.74, 6) is 0.434. The van der Waals surface area contributed by atoms with E-state index in [1.165, 1.54) is 6.20 Å². The van der Waals surface area contributed by atoms with Gasteiger partial charge in [-0.15, -0.1) is 0 Å². The van der Waals surface area contributed by atoms with E-state index in [9.17, 15) is 10.1 Å². The average molecular weight is 206 g/mol. The van der Waals surface area contributed by atoms with Crippen molar-refractivity contribution >= 4 is 16.9 Å². The molecule has 0 saturated carbocycles. The SMILES string of the molecule is CN(C)c1c[n+](=O)c2ccccc2n1O. The summed E-state index contributed by atoms with van der Waals surface area (Å²) in [6.45, 7) is 0. The lowest BCUT2D eigenvalue weighted by molar-refractivity contribution is -0.464. The Balaban J connectivity index is 2.91. The number of benzene rings is 1. The molecule has 5 heteroatoms. The molecule has 1 heterocycles. The number of fused-ring (bicyclic) bond motifs is 1. The van der Waals surface area contributed by atoms with Gasteiger partial charge in [0.1, 0.15) is 0 Å². The van der Waals surface area contributed by atoms with Gasteiger partial charge in [0.25, 0.3) is 11.7 Å². The number of hydrogen-bond acceptors (Lipinski definition) is 3. The van der Waals surface area contributed by atoms with Crippen LogP contribution in [0, 0.1) is 4.91 Å². The van der Waals surface area contributed by atoms with Crippen molar-refractivity contribution in [2.45, 2.75) is 0 Å². The minimum absolute atomic E-state index is 0.434. The van der Waals surface area contributed by atoms with Gasteiger partial charge in [-0.1, -0.05) is 12.1 Å². The van der Waals surface area contributed by atoms with Crippen LogP contribution in [0.3, 0.4) is 0 Å². The molecule has 0 spiro atoms. The summed E-state index contributed by atoms with van der Waals surface area (Å²) in [6, 6.07) is 6.88. The smallest absolute Gasteiger partial charge is 0.289 e. The Morgan fingerprint density at radius 2 is 2.00 bits per heavy atom. The van der Waals surface area contributed by atoms with Gasteiger partial charge in [-0.3, -0.25) is 0 Å². The predicted molar refractivity (Wildman–Crippen MR) is 56.8 cm³/mol. The van der Waals surface area contributed by atoms with Gasteiger partial charge in [-0.25, -0.2) is 0 Å². The highest BCUT2D eigenvalue weighted by atomic mass is 16.5. The molecule has 0 amide bonds. The number of para-hydroxylation sites is 2. The number of aromatic nitrogens is 2. The van der Waals surface area contributed by atoms with Gasteiger partial charge in [0, 0.05) is 25.1 Å². The maximum Gasteiger partial charge on any atom is 0.289 e. The van der Waals surface area contributed by atoms with E-state index in [1.54, 1.807) is 43.3 Å². The standard InChI is InChI=1S/C10H12N3O2/c1-11(2)10-7-12(14)8-5-3-4-6-9(8)13(10)15/h3-7,15H,1-2H3/q+1. The molecule has 2 rings (SSSR count). The third-order valence-electron chi connectivity index (χ3n) is 2.26. The Hall–Kier alpha value is -2.04. The van der Waals surface area contributed by atoms with Crippen LogP contribution >= 0.6 is 0 Å². The second kappa shape index (κ2) is 3.27. The van der Waals surface area contributed by atoms with Crippen LogP contribution in [0.5, 0.6) is 0 Å². The van der Waals surface area contributed by atoms with Gasteiger partial charge < -0.3 is 10.1 Å². The van der Waals surface area contributed by atoms with Crippen LogP contribution in [0.25, 0.3) is 11.0 Å². The lowest BCUT2D eigenvalue weighted by Crippen LogP contribution is -2.24. The molecule has 1 N–H and O–H groups in total. The quantitative estimate of drug-likeness (QED) is 0.556. The summed E-state index contributed by atoms with van der Waals surface area (Å²) in [4.78, 5) is 13.3. The van der Waals surface area contributed by atoms with Crippen LogP contribution in [-0.4, -0.2) is 24.0 Å². The molecule has 0 saturated heterocycles. The van der Waals surface area contributed by atoms with Crippen molar-refractivity contribution in [3.8, 4) is 0 Å². The van der Waals surface area contributed by atoms with E-state index in [0.717, 1.165) is 9.16 Å². The number of anilines is 1. The summed E-state index contributed by atoms with van der Waals surface area (Å²) in [5.41, 5.74) is 0.921. The predicted octanol–water partition coefficient (Wildman–Crippen LogP) is 0.859. The highest BCUT2D eigenvalue weighted by Crippen LogP contribution is 2.14. The third kappa shape index (κ3) is 1.41. The van der Waals surface area contributed by atoms with E-state index in [1.807, 2.05) is 0 Å². The highest BCUT2D eigenvalue weighted by molar-refractivity contribution is 5.72. The second-order valence-corrected chi connectivity index (χ2v) is 3.51. The van der Waals surface area contributed by atoms with E-state index >= 15 is 0 Å². The van der Waals surface area contributed by atoms with Crippen LogP contribution in [0.1, 0.15) is 0 Å². The summed E-state index contributed by atoms with van der Waals surface area (Å²) in [7, 11) is 3.52. The minimum atomic E-state index is 0.434. The topological polar surface area (TPSA) is 51.4 Å². The molecule has 0 aliphatic carbocycles. The molecule has 1 aromatic heterocycles. The molecule has 2 aromatic rings. The first-order valence-corrected chi connectivity index (χ1v) is 4.55. The maximum absolute atomic E-state index is 11.6. The number of rotatable bonds is 1. The summed E-state index contributed by atoms with van der Waals surface area (Å²) >= 11 is 0. The van der Waals surface area contributed by atoms with Gasteiger partial charge in [0.15, 0.2) is 5.52 Å². The molecule has 0 aliphatic rings. The van der Waals surface area contributed by atoms with Gasteiger partial charge in [0.05, 0.1) is 4.43 Å². The summed E-state index contributed by atoms with van der Waals surface area (Å²) < 4.78 is 1.75. The van der Waals surface area contributed by atoms with Gasteiger partial charge in [0.2, 0.25) is 5.82 Å². The normalized spacial score (nSPS) is 10.5. The fourth-order valence-corrected chi connectivity index (χ4v) is 1.49. The van der Waals surface area contributed by atoms with Crippen molar-refractivity contribution in [2.24, 2.45) is 0 Å². The number of hydrogen-bond donors (Lipinski definition) is 1. The fraction of sp³-hybridized carbons (Fsp3) is 0.200. The lowest BCUT2D eigenvalue weighted by atomic mass is 10.3. The van der Waals surface area contributed by atoms with Crippen molar-refractivity contribution < 1.29 is 9.63 Å². The van der Waals surface area contributed by atoms with Crippen molar-refractivity contribution in [1.29, 1.82) is 0 Å². The Labute approximate surface area is 86.4 Å². The van der Waals surface area contributed by atoms with E-state index in [2.05, 4.69) is 0 Å².